The lowest BCUT2D eigenvalue weighted by molar-refractivity contribution is -0.130. The van der Waals surface area contributed by atoms with E-state index >= 15 is 0 Å². The van der Waals surface area contributed by atoms with Crippen LogP contribution < -0.4 is 15.2 Å². The van der Waals surface area contributed by atoms with Gasteiger partial charge in [-0.25, -0.2) is 9.18 Å². The van der Waals surface area contributed by atoms with Crippen LogP contribution in [-0.4, -0.2) is 55.2 Å². The molecule has 1 N–H and O–H groups in total. The number of halogens is 1. The molecule has 2 heterocycles. The predicted octanol–water partition coefficient (Wildman–Crippen LogP) is 1.65. The molecule has 1 aromatic rings. The van der Waals surface area contributed by atoms with Gasteiger partial charge >= 0.3 is 6.09 Å². The maximum atomic E-state index is 14.8. The van der Waals surface area contributed by atoms with E-state index in [4.69, 9.17) is 4.74 Å². The molecule has 3 amide bonds. The quantitative estimate of drug-likeness (QED) is 0.862. The van der Waals surface area contributed by atoms with Crippen LogP contribution in [0, 0.1) is 5.82 Å². The summed E-state index contributed by atoms with van der Waals surface area (Å²) in [5, 5.41) is 5.78. The molecule has 2 fully saturated rings. The van der Waals surface area contributed by atoms with Gasteiger partial charge in [0.1, 0.15) is 11.9 Å². The fraction of sp³-hybridized carbons (Fsp3) is 0.500. The normalized spacial score (nSPS) is 19.9. The first-order chi connectivity index (χ1) is 12.9. The second kappa shape index (κ2) is 7.81. The third kappa shape index (κ3) is 4.12. The molecule has 0 bridgehead atoms. The summed E-state index contributed by atoms with van der Waals surface area (Å²) in [5.74, 6) is -0.864. The Hall–Kier alpha value is -2.84. The van der Waals surface area contributed by atoms with Gasteiger partial charge in [0.05, 0.1) is 24.5 Å². The SMILES string of the molecule is CC(=O)NC[C@H]1CN(c2ccc(N3CCCCN3C(C)=O)c(F)c2)C(=O)O1. The van der Waals surface area contributed by atoms with Crippen molar-refractivity contribution < 1.29 is 23.5 Å². The Balaban J connectivity index is 1.75. The number of nitrogens with one attached hydrogen (secondary N) is 1. The molecule has 9 heteroatoms. The first kappa shape index (κ1) is 18.9. The molecule has 0 saturated carbocycles. The van der Waals surface area contributed by atoms with Gasteiger partial charge in [0, 0.05) is 26.9 Å². The maximum Gasteiger partial charge on any atom is 0.414 e. The number of anilines is 2. The molecule has 0 spiro atoms. The maximum absolute atomic E-state index is 14.8. The van der Waals surface area contributed by atoms with Crippen LogP contribution in [0.4, 0.5) is 20.6 Å². The van der Waals surface area contributed by atoms with Crippen molar-refractivity contribution in [1.82, 2.24) is 10.3 Å². The zero-order chi connectivity index (χ0) is 19.6. The van der Waals surface area contributed by atoms with E-state index in [0.29, 0.717) is 24.5 Å². The number of carbonyl (C=O) groups is 3. The van der Waals surface area contributed by atoms with Crippen LogP contribution in [0.5, 0.6) is 0 Å². The number of ether oxygens (including phenoxy) is 1. The minimum absolute atomic E-state index is 0.137. The van der Waals surface area contributed by atoms with E-state index in [9.17, 15) is 18.8 Å². The van der Waals surface area contributed by atoms with Crippen LogP contribution in [-0.2, 0) is 14.3 Å². The Morgan fingerprint density at radius 2 is 2.00 bits per heavy atom. The molecule has 2 saturated heterocycles. The molecule has 2 aliphatic heterocycles. The average molecular weight is 378 g/mol. The zero-order valence-corrected chi connectivity index (χ0v) is 15.4. The van der Waals surface area contributed by atoms with Gasteiger partial charge in [0.25, 0.3) is 0 Å². The largest absolute Gasteiger partial charge is 0.442 e. The smallest absolute Gasteiger partial charge is 0.414 e. The van der Waals surface area contributed by atoms with E-state index < -0.39 is 18.0 Å². The predicted molar refractivity (Wildman–Crippen MR) is 96.7 cm³/mol. The highest BCUT2D eigenvalue weighted by atomic mass is 19.1. The highest BCUT2D eigenvalue weighted by Crippen LogP contribution is 2.30. The minimum atomic E-state index is -0.583. The number of hydrazine groups is 1. The van der Waals surface area contributed by atoms with E-state index in [1.807, 2.05) is 0 Å². The van der Waals surface area contributed by atoms with E-state index in [1.165, 1.54) is 29.8 Å². The summed E-state index contributed by atoms with van der Waals surface area (Å²) in [6, 6.07) is 4.47. The zero-order valence-electron chi connectivity index (χ0n) is 15.4. The number of rotatable bonds is 4. The summed E-state index contributed by atoms with van der Waals surface area (Å²) < 4.78 is 20.0. The first-order valence-corrected chi connectivity index (χ1v) is 8.94. The van der Waals surface area contributed by atoms with Crippen molar-refractivity contribution in [3.63, 3.8) is 0 Å². The molecule has 0 aromatic heterocycles. The summed E-state index contributed by atoms with van der Waals surface area (Å²) in [7, 11) is 0. The minimum Gasteiger partial charge on any atom is -0.442 e. The topological polar surface area (TPSA) is 82.2 Å². The Labute approximate surface area is 156 Å². The molecule has 27 heavy (non-hydrogen) atoms. The van der Waals surface area contributed by atoms with E-state index in [1.54, 1.807) is 17.1 Å². The monoisotopic (exact) mass is 378 g/mol. The molecule has 1 aromatic carbocycles. The van der Waals surface area contributed by atoms with Gasteiger partial charge in [-0.2, -0.15) is 0 Å². The average Bonchev–Trinajstić information content (AvgIpc) is 3.00. The van der Waals surface area contributed by atoms with Gasteiger partial charge in [-0.1, -0.05) is 0 Å². The van der Waals surface area contributed by atoms with Crippen molar-refractivity contribution in [3.8, 4) is 0 Å². The van der Waals surface area contributed by atoms with Gasteiger partial charge in [0.2, 0.25) is 11.8 Å². The summed E-state index contributed by atoms with van der Waals surface area (Å²) in [6.45, 7) is 4.38. The molecule has 2 aliphatic rings. The molecule has 0 unspecified atom stereocenters. The molecular weight excluding hydrogens is 355 g/mol. The number of benzene rings is 1. The summed E-state index contributed by atoms with van der Waals surface area (Å²) >= 11 is 0. The lowest BCUT2D eigenvalue weighted by Crippen LogP contribution is -2.50. The van der Waals surface area contributed by atoms with Crippen molar-refractivity contribution >= 4 is 29.3 Å². The van der Waals surface area contributed by atoms with Crippen molar-refractivity contribution in [3.05, 3.63) is 24.0 Å². The summed E-state index contributed by atoms with van der Waals surface area (Å²) in [6.07, 6.45) is 0.680. The lowest BCUT2D eigenvalue weighted by Gasteiger charge is -2.39. The number of hydrogen-bond donors (Lipinski definition) is 1. The van der Waals surface area contributed by atoms with Gasteiger partial charge in [-0.15, -0.1) is 0 Å². The summed E-state index contributed by atoms with van der Waals surface area (Å²) in [5.41, 5.74) is 0.675. The van der Waals surface area contributed by atoms with Gasteiger partial charge in [0.15, 0.2) is 0 Å². The fourth-order valence-electron chi connectivity index (χ4n) is 3.31. The second-order valence-corrected chi connectivity index (χ2v) is 6.66. The molecular formula is C18H23FN4O4. The van der Waals surface area contributed by atoms with Crippen LogP contribution in [0.3, 0.4) is 0 Å². The van der Waals surface area contributed by atoms with Gasteiger partial charge < -0.3 is 10.1 Å². The third-order valence-corrected chi connectivity index (χ3v) is 4.62. The Kier molecular flexibility index (Phi) is 5.48. The fourth-order valence-corrected chi connectivity index (χ4v) is 3.31. The van der Waals surface area contributed by atoms with Crippen LogP contribution in [0.25, 0.3) is 0 Å². The Morgan fingerprint density at radius 3 is 2.67 bits per heavy atom. The van der Waals surface area contributed by atoms with E-state index in [0.717, 1.165) is 12.8 Å². The van der Waals surface area contributed by atoms with Crippen molar-refractivity contribution in [2.75, 3.05) is 36.1 Å². The number of hydrogen-bond acceptors (Lipinski definition) is 5. The van der Waals surface area contributed by atoms with Crippen LogP contribution >= 0.6 is 0 Å². The number of cyclic esters (lactones) is 1. The lowest BCUT2D eigenvalue weighted by atomic mass is 10.2. The number of carbonyl (C=O) groups excluding carboxylic acids is 3. The van der Waals surface area contributed by atoms with Crippen molar-refractivity contribution in [1.29, 1.82) is 0 Å². The van der Waals surface area contributed by atoms with Gasteiger partial charge in [-0.3, -0.25) is 24.5 Å². The molecule has 3 rings (SSSR count). The number of nitrogens with zero attached hydrogens (tertiary/aromatic N) is 3. The van der Waals surface area contributed by atoms with Crippen LogP contribution in [0.2, 0.25) is 0 Å². The van der Waals surface area contributed by atoms with Crippen molar-refractivity contribution in [2.24, 2.45) is 0 Å². The number of amides is 3. The molecule has 0 aliphatic carbocycles. The highest BCUT2D eigenvalue weighted by molar-refractivity contribution is 5.90. The first-order valence-electron chi connectivity index (χ1n) is 8.94. The van der Waals surface area contributed by atoms with E-state index in [-0.39, 0.29) is 24.9 Å². The molecule has 146 valence electrons. The highest BCUT2D eigenvalue weighted by Gasteiger charge is 2.33. The summed E-state index contributed by atoms with van der Waals surface area (Å²) in [4.78, 5) is 36.2. The Morgan fingerprint density at radius 1 is 1.26 bits per heavy atom. The molecule has 8 nitrogen and oxygen atoms in total. The standard InChI is InChI=1S/C18H23FN4O4/c1-12(24)20-10-15-11-21(18(26)27-15)14-5-6-17(16(19)9-14)23-8-4-3-7-22(23)13(2)25/h5-6,9,15H,3-4,7-8,10-11H2,1-2H3,(H,20,24)/t15-/m0/s1. The van der Waals surface area contributed by atoms with Crippen LogP contribution in [0.15, 0.2) is 18.2 Å². The van der Waals surface area contributed by atoms with Gasteiger partial charge in [-0.05, 0) is 31.0 Å². The van der Waals surface area contributed by atoms with Crippen LogP contribution in [0.1, 0.15) is 26.7 Å². The van der Waals surface area contributed by atoms with E-state index in [2.05, 4.69) is 5.32 Å². The Bertz CT molecular complexity index is 757. The van der Waals surface area contributed by atoms with Crippen molar-refractivity contribution in [2.45, 2.75) is 32.8 Å². The molecule has 1 atom stereocenters. The molecule has 0 radical (unpaired) electrons. The third-order valence-electron chi connectivity index (χ3n) is 4.62. The second-order valence-electron chi connectivity index (χ2n) is 6.66.